The minimum Gasteiger partial charge on any atom is -0.341 e. The van der Waals surface area contributed by atoms with E-state index in [2.05, 4.69) is 29.1 Å². The van der Waals surface area contributed by atoms with E-state index in [-0.39, 0.29) is 5.91 Å². The fraction of sp³-hybridized carbons (Fsp3) is 0.364. The Hall–Kier alpha value is -2.60. The largest absolute Gasteiger partial charge is 0.341 e. The normalized spacial score (nSPS) is 10.7. The SMILES string of the molecule is CCCCC#Cc1cccc(C)c1C(=O)NC(C)(C)c1ccccn1. The van der Waals surface area contributed by atoms with Gasteiger partial charge < -0.3 is 5.32 Å². The van der Waals surface area contributed by atoms with Crippen molar-refractivity contribution in [2.24, 2.45) is 0 Å². The molecule has 0 saturated heterocycles. The van der Waals surface area contributed by atoms with Crippen LogP contribution in [0.25, 0.3) is 0 Å². The van der Waals surface area contributed by atoms with E-state index in [1.165, 1.54) is 0 Å². The fourth-order valence-corrected chi connectivity index (χ4v) is 2.64. The Balaban J connectivity index is 2.28. The first-order valence-corrected chi connectivity index (χ1v) is 8.78. The van der Waals surface area contributed by atoms with Crippen molar-refractivity contribution in [3.63, 3.8) is 0 Å². The number of unbranched alkanes of at least 4 members (excludes halogenated alkanes) is 2. The first-order chi connectivity index (χ1) is 12.0. The third-order valence-corrected chi connectivity index (χ3v) is 4.11. The van der Waals surface area contributed by atoms with Gasteiger partial charge in [0.1, 0.15) is 0 Å². The molecule has 1 amide bonds. The van der Waals surface area contributed by atoms with Gasteiger partial charge in [-0.25, -0.2) is 0 Å². The van der Waals surface area contributed by atoms with Crippen molar-refractivity contribution < 1.29 is 4.79 Å². The van der Waals surface area contributed by atoms with Crippen molar-refractivity contribution in [3.8, 4) is 11.8 Å². The molecule has 0 aliphatic heterocycles. The van der Waals surface area contributed by atoms with Crippen molar-refractivity contribution in [2.45, 2.75) is 52.5 Å². The van der Waals surface area contributed by atoms with Gasteiger partial charge in [0, 0.05) is 18.2 Å². The number of benzene rings is 1. The zero-order valence-corrected chi connectivity index (χ0v) is 15.5. The molecule has 0 aliphatic carbocycles. The van der Waals surface area contributed by atoms with Crippen LogP contribution in [0.15, 0.2) is 42.6 Å². The lowest BCUT2D eigenvalue weighted by Gasteiger charge is -2.26. The number of hydrogen-bond donors (Lipinski definition) is 1. The zero-order valence-electron chi connectivity index (χ0n) is 15.5. The van der Waals surface area contributed by atoms with Crippen LogP contribution in [0.2, 0.25) is 0 Å². The van der Waals surface area contributed by atoms with E-state index in [0.29, 0.717) is 5.56 Å². The fourth-order valence-electron chi connectivity index (χ4n) is 2.64. The number of rotatable bonds is 5. The maximum atomic E-state index is 13.0. The van der Waals surface area contributed by atoms with Crippen LogP contribution in [0.3, 0.4) is 0 Å². The summed E-state index contributed by atoms with van der Waals surface area (Å²) in [5.41, 5.74) is 2.62. The molecule has 3 heteroatoms. The van der Waals surface area contributed by atoms with Crippen LogP contribution in [-0.4, -0.2) is 10.9 Å². The van der Waals surface area contributed by atoms with Crippen molar-refractivity contribution in [2.75, 3.05) is 0 Å². The molecule has 25 heavy (non-hydrogen) atoms. The lowest BCUT2D eigenvalue weighted by Crippen LogP contribution is -2.42. The van der Waals surface area contributed by atoms with Crippen LogP contribution in [0, 0.1) is 18.8 Å². The number of carbonyl (C=O) groups is 1. The topological polar surface area (TPSA) is 42.0 Å². The van der Waals surface area contributed by atoms with E-state index in [9.17, 15) is 4.79 Å². The number of aryl methyl sites for hydroxylation is 1. The van der Waals surface area contributed by atoms with Crippen molar-refractivity contribution in [3.05, 3.63) is 65.0 Å². The van der Waals surface area contributed by atoms with Gasteiger partial charge in [-0.15, -0.1) is 0 Å². The third kappa shape index (κ3) is 4.93. The Labute approximate surface area is 150 Å². The second-order valence-electron chi connectivity index (χ2n) is 6.70. The van der Waals surface area contributed by atoms with Gasteiger partial charge in [-0.05, 0) is 51.0 Å². The number of nitrogens with zero attached hydrogens (tertiary/aromatic N) is 1. The van der Waals surface area contributed by atoms with Gasteiger partial charge >= 0.3 is 0 Å². The summed E-state index contributed by atoms with van der Waals surface area (Å²) in [4.78, 5) is 17.3. The van der Waals surface area contributed by atoms with Crippen molar-refractivity contribution in [1.29, 1.82) is 0 Å². The first kappa shape index (κ1) is 18.7. The Morgan fingerprint density at radius 3 is 2.68 bits per heavy atom. The number of carbonyl (C=O) groups excluding carboxylic acids is 1. The monoisotopic (exact) mass is 334 g/mol. The van der Waals surface area contributed by atoms with E-state index in [1.807, 2.05) is 57.2 Å². The quantitative estimate of drug-likeness (QED) is 0.641. The zero-order chi connectivity index (χ0) is 18.3. The van der Waals surface area contributed by atoms with E-state index in [4.69, 9.17) is 0 Å². The smallest absolute Gasteiger partial charge is 0.253 e. The van der Waals surface area contributed by atoms with Gasteiger partial charge in [0.25, 0.3) is 5.91 Å². The highest BCUT2D eigenvalue weighted by Gasteiger charge is 2.26. The van der Waals surface area contributed by atoms with E-state index >= 15 is 0 Å². The van der Waals surface area contributed by atoms with Crippen molar-refractivity contribution in [1.82, 2.24) is 10.3 Å². The van der Waals surface area contributed by atoms with Crippen LogP contribution in [-0.2, 0) is 5.54 Å². The summed E-state index contributed by atoms with van der Waals surface area (Å²) < 4.78 is 0. The molecule has 1 aromatic carbocycles. The molecule has 1 heterocycles. The Kier molecular flexibility index (Phi) is 6.36. The number of aromatic nitrogens is 1. The molecule has 0 fully saturated rings. The van der Waals surface area contributed by atoms with E-state index in [0.717, 1.165) is 36.1 Å². The predicted molar refractivity (Wildman–Crippen MR) is 102 cm³/mol. The number of pyridine rings is 1. The molecule has 0 spiro atoms. The van der Waals surface area contributed by atoms with Gasteiger partial charge in [-0.3, -0.25) is 9.78 Å². The highest BCUT2D eigenvalue weighted by molar-refractivity contribution is 5.98. The molecule has 1 N–H and O–H groups in total. The van der Waals surface area contributed by atoms with Crippen LogP contribution < -0.4 is 5.32 Å². The molecule has 2 rings (SSSR count). The second kappa shape index (κ2) is 8.48. The first-order valence-electron chi connectivity index (χ1n) is 8.78. The van der Waals surface area contributed by atoms with Gasteiger partial charge in [0.15, 0.2) is 0 Å². The summed E-state index contributed by atoms with van der Waals surface area (Å²) in [5, 5.41) is 3.10. The minimum atomic E-state index is -0.562. The lowest BCUT2D eigenvalue weighted by atomic mass is 9.96. The predicted octanol–water partition coefficient (Wildman–Crippen LogP) is 4.60. The highest BCUT2D eigenvalue weighted by Crippen LogP contribution is 2.20. The van der Waals surface area contributed by atoms with E-state index < -0.39 is 5.54 Å². The molecular weight excluding hydrogens is 308 g/mol. The molecule has 0 saturated carbocycles. The summed E-state index contributed by atoms with van der Waals surface area (Å²) in [7, 11) is 0. The average molecular weight is 334 g/mol. The molecule has 3 nitrogen and oxygen atoms in total. The maximum absolute atomic E-state index is 13.0. The summed E-state index contributed by atoms with van der Waals surface area (Å²) in [6.07, 6.45) is 4.79. The average Bonchev–Trinajstić information content (AvgIpc) is 2.59. The second-order valence-corrected chi connectivity index (χ2v) is 6.70. The Morgan fingerprint density at radius 2 is 2.00 bits per heavy atom. The van der Waals surface area contributed by atoms with Gasteiger partial charge in [0.2, 0.25) is 0 Å². The summed E-state index contributed by atoms with van der Waals surface area (Å²) >= 11 is 0. The molecular formula is C22H26N2O. The molecule has 0 radical (unpaired) electrons. The maximum Gasteiger partial charge on any atom is 0.253 e. The lowest BCUT2D eigenvalue weighted by molar-refractivity contribution is 0.0909. The van der Waals surface area contributed by atoms with Gasteiger partial charge in [-0.2, -0.15) is 0 Å². The highest BCUT2D eigenvalue weighted by atomic mass is 16.1. The molecule has 0 aliphatic rings. The molecule has 0 unspecified atom stereocenters. The number of nitrogens with one attached hydrogen (secondary N) is 1. The van der Waals surface area contributed by atoms with Crippen molar-refractivity contribution >= 4 is 5.91 Å². The standard InChI is InChI=1S/C22H26N2O/c1-5-6-7-8-13-18-14-11-12-17(2)20(18)21(25)24-22(3,4)19-15-9-10-16-23-19/h9-12,14-16H,5-7H2,1-4H3,(H,24,25). The summed E-state index contributed by atoms with van der Waals surface area (Å²) in [6, 6.07) is 11.5. The molecule has 130 valence electrons. The summed E-state index contributed by atoms with van der Waals surface area (Å²) in [6.45, 7) is 8.00. The molecule has 0 bridgehead atoms. The van der Waals surface area contributed by atoms with Crippen LogP contribution in [0.5, 0.6) is 0 Å². The van der Waals surface area contributed by atoms with E-state index in [1.54, 1.807) is 6.20 Å². The Morgan fingerprint density at radius 1 is 1.20 bits per heavy atom. The number of hydrogen-bond acceptors (Lipinski definition) is 2. The Bertz CT molecular complexity index is 783. The van der Waals surface area contributed by atoms with Crippen LogP contribution >= 0.6 is 0 Å². The minimum absolute atomic E-state index is 0.117. The van der Waals surface area contributed by atoms with Crippen LogP contribution in [0.4, 0.5) is 0 Å². The molecule has 1 aromatic heterocycles. The van der Waals surface area contributed by atoms with Gasteiger partial charge in [-0.1, -0.05) is 43.4 Å². The molecule has 0 atom stereocenters. The third-order valence-electron chi connectivity index (χ3n) is 4.11. The van der Waals surface area contributed by atoms with Crippen LogP contribution in [0.1, 0.15) is 67.2 Å². The molecule has 2 aromatic rings. The number of amides is 1. The van der Waals surface area contributed by atoms with Gasteiger partial charge in [0.05, 0.1) is 16.8 Å². The summed E-state index contributed by atoms with van der Waals surface area (Å²) in [5.74, 6) is 6.23.